The minimum Gasteiger partial charge on any atom is -0.368 e. The zero-order valence-electron chi connectivity index (χ0n) is 8.95. The molecule has 1 atom stereocenters. The first-order valence-corrected chi connectivity index (χ1v) is 4.83. The molecule has 0 aromatic heterocycles. The van der Waals surface area contributed by atoms with E-state index in [1.165, 1.54) is 6.92 Å². The van der Waals surface area contributed by atoms with Crippen LogP contribution in [0.3, 0.4) is 0 Å². The van der Waals surface area contributed by atoms with Gasteiger partial charge in [-0.2, -0.15) is 13.2 Å². The van der Waals surface area contributed by atoms with Gasteiger partial charge in [-0.1, -0.05) is 6.92 Å². The number of carbonyl (C=O) groups excluding carboxylic acids is 1. The van der Waals surface area contributed by atoms with Crippen molar-refractivity contribution >= 4 is 5.91 Å². The summed E-state index contributed by atoms with van der Waals surface area (Å²) in [6.07, 6.45) is -5.07. The van der Waals surface area contributed by atoms with Crippen LogP contribution in [0, 0.1) is 0 Å². The molecule has 0 aliphatic heterocycles. The van der Waals surface area contributed by atoms with Gasteiger partial charge in [-0.05, 0) is 26.3 Å². The first-order valence-electron chi connectivity index (χ1n) is 4.83. The van der Waals surface area contributed by atoms with E-state index in [1.807, 2.05) is 0 Å². The molecule has 1 amide bonds. The highest BCUT2D eigenvalue weighted by Crippen LogP contribution is 2.24. The van der Waals surface area contributed by atoms with Gasteiger partial charge in [-0.3, -0.25) is 4.79 Å². The zero-order valence-corrected chi connectivity index (χ0v) is 8.95. The van der Waals surface area contributed by atoms with Crippen molar-refractivity contribution < 1.29 is 18.0 Å². The molecule has 0 radical (unpaired) electrons. The van der Waals surface area contributed by atoms with E-state index >= 15 is 0 Å². The van der Waals surface area contributed by atoms with Crippen molar-refractivity contribution in [2.45, 2.75) is 44.8 Å². The number of hydrogen-bond acceptors (Lipinski definition) is 2. The predicted octanol–water partition coefficient (Wildman–Crippen LogP) is 1.57. The fourth-order valence-corrected chi connectivity index (χ4v) is 1.33. The van der Waals surface area contributed by atoms with E-state index < -0.39 is 24.0 Å². The minimum absolute atomic E-state index is 0.0929. The number of amides is 1. The average molecular weight is 226 g/mol. The smallest absolute Gasteiger partial charge is 0.368 e. The third-order valence-corrected chi connectivity index (χ3v) is 2.25. The normalized spacial score (nSPS) is 16.1. The second-order valence-electron chi connectivity index (χ2n) is 3.70. The highest BCUT2D eigenvalue weighted by Gasteiger charge is 2.32. The Morgan fingerprint density at radius 2 is 1.87 bits per heavy atom. The quantitative estimate of drug-likeness (QED) is 0.722. The molecule has 3 nitrogen and oxygen atoms in total. The molecule has 1 unspecified atom stereocenters. The van der Waals surface area contributed by atoms with E-state index in [9.17, 15) is 18.0 Å². The molecule has 0 heterocycles. The summed E-state index contributed by atoms with van der Waals surface area (Å²) in [7, 11) is 0. The number of likely N-dealkylation sites (N-methyl/N-ethyl adjacent to an activating group) is 1. The van der Waals surface area contributed by atoms with Gasteiger partial charge in [0.05, 0.1) is 5.54 Å². The average Bonchev–Trinajstić information content (AvgIpc) is 2.01. The summed E-state index contributed by atoms with van der Waals surface area (Å²) in [5, 5.41) is 2.80. The van der Waals surface area contributed by atoms with Gasteiger partial charge >= 0.3 is 6.18 Å². The van der Waals surface area contributed by atoms with Crippen LogP contribution in [0.5, 0.6) is 0 Å². The molecule has 90 valence electrons. The Hall–Kier alpha value is -0.780. The standard InChI is InChI=1S/C9H17F3N2O/c1-3-14-8(2,7(13)15)5-4-6-9(10,11)12/h14H,3-6H2,1-2H3,(H2,13,15). The summed E-state index contributed by atoms with van der Waals surface area (Å²) in [5.74, 6) is -0.619. The van der Waals surface area contributed by atoms with Gasteiger partial charge in [0.1, 0.15) is 0 Å². The van der Waals surface area contributed by atoms with E-state index in [0.29, 0.717) is 6.54 Å². The molecular formula is C9H17F3N2O. The summed E-state index contributed by atoms with van der Waals surface area (Å²) < 4.78 is 35.6. The van der Waals surface area contributed by atoms with Crippen molar-refractivity contribution in [3.8, 4) is 0 Å². The first-order chi connectivity index (χ1) is 6.71. The Bertz CT molecular complexity index is 218. The molecule has 0 aromatic carbocycles. The Morgan fingerprint density at radius 3 is 2.20 bits per heavy atom. The summed E-state index contributed by atoms with van der Waals surface area (Å²) in [5.41, 5.74) is 4.08. The SMILES string of the molecule is CCNC(C)(CCCC(F)(F)F)C(N)=O. The molecule has 0 bridgehead atoms. The number of carbonyl (C=O) groups is 1. The molecule has 6 heteroatoms. The molecule has 0 spiro atoms. The fraction of sp³-hybridized carbons (Fsp3) is 0.889. The minimum atomic E-state index is -4.18. The number of rotatable bonds is 6. The van der Waals surface area contributed by atoms with Crippen molar-refractivity contribution in [1.82, 2.24) is 5.32 Å². The number of halogens is 3. The van der Waals surface area contributed by atoms with Gasteiger partial charge in [0.15, 0.2) is 0 Å². The van der Waals surface area contributed by atoms with Crippen LogP contribution in [0.15, 0.2) is 0 Å². The van der Waals surface area contributed by atoms with Crippen LogP contribution in [0.4, 0.5) is 13.2 Å². The van der Waals surface area contributed by atoms with Crippen LogP contribution < -0.4 is 11.1 Å². The second-order valence-corrected chi connectivity index (χ2v) is 3.70. The molecule has 0 aliphatic carbocycles. The Labute approximate surface area is 87.2 Å². The summed E-state index contributed by atoms with van der Waals surface area (Å²) in [6.45, 7) is 3.78. The molecule has 15 heavy (non-hydrogen) atoms. The monoisotopic (exact) mass is 226 g/mol. The molecule has 0 aromatic rings. The van der Waals surface area contributed by atoms with Gasteiger partial charge < -0.3 is 11.1 Å². The van der Waals surface area contributed by atoms with Crippen molar-refractivity contribution in [2.75, 3.05) is 6.54 Å². The molecule has 3 N–H and O–H groups in total. The number of hydrogen-bond donors (Lipinski definition) is 2. The molecular weight excluding hydrogens is 209 g/mol. The lowest BCUT2D eigenvalue weighted by Crippen LogP contribution is -2.53. The highest BCUT2D eigenvalue weighted by atomic mass is 19.4. The Balaban J connectivity index is 4.14. The van der Waals surface area contributed by atoms with Crippen LogP contribution in [0.1, 0.15) is 33.1 Å². The van der Waals surface area contributed by atoms with Gasteiger partial charge in [0.2, 0.25) is 5.91 Å². The van der Waals surface area contributed by atoms with Crippen LogP contribution in [-0.4, -0.2) is 24.2 Å². The van der Waals surface area contributed by atoms with Crippen molar-refractivity contribution in [2.24, 2.45) is 5.73 Å². The summed E-state index contributed by atoms with van der Waals surface area (Å²) in [6, 6.07) is 0. The summed E-state index contributed by atoms with van der Waals surface area (Å²) in [4.78, 5) is 11.0. The lowest BCUT2D eigenvalue weighted by Gasteiger charge is -2.27. The van der Waals surface area contributed by atoms with Crippen molar-refractivity contribution in [3.63, 3.8) is 0 Å². The van der Waals surface area contributed by atoms with E-state index in [2.05, 4.69) is 5.32 Å². The number of alkyl halides is 3. The topological polar surface area (TPSA) is 55.1 Å². The number of primary amides is 1. The maximum Gasteiger partial charge on any atom is 0.389 e. The van der Waals surface area contributed by atoms with Gasteiger partial charge in [-0.25, -0.2) is 0 Å². The maximum absolute atomic E-state index is 11.9. The van der Waals surface area contributed by atoms with Gasteiger partial charge in [0.25, 0.3) is 0 Å². The van der Waals surface area contributed by atoms with Crippen molar-refractivity contribution in [3.05, 3.63) is 0 Å². The van der Waals surface area contributed by atoms with E-state index in [-0.39, 0.29) is 12.8 Å². The Kier molecular flexibility index (Phi) is 5.07. The van der Waals surface area contributed by atoms with Crippen LogP contribution in [0.25, 0.3) is 0 Å². The number of nitrogens with one attached hydrogen (secondary N) is 1. The second kappa shape index (κ2) is 5.34. The Morgan fingerprint density at radius 1 is 1.33 bits per heavy atom. The third kappa shape index (κ3) is 5.61. The van der Waals surface area contributed by atoms with E-state index in [4.69, 9.17) is 5.73 Å². The van der Waals surface area contributed by atoms with Gasteiger partial charge in [-0.15, -0.1) is 0 Å². The molecule has 0 saturated heterocycles. The molecule has 0 rings (SSSR count). The van der Waals surface area contributed by atoms with Gasteiger partial charge in [0, 0.05) is 6.42 Å². The molecule has 0 aliphatic rings. The van der Waals surface area contributed by atoms with Crippen LogP contribution >= 0.6 is 0 Å². The first kappa shape index (κ1) is 14.2. The predicted molar refractivity (Wildman–Crippen MR) is 51.2 cm³/mol. The lowest BCUT2D eigenvalue weighted by atomic mass is 9.94. The van der Waals surface area contributed by atoms with E-state index in [0.717, 1.165) is 0 Å². The van der Waals surface area contributed by atoms with Crippen LogP contribution in [0.2, 0.25) is 0 Å². The van der Waals surface area contributed by atoms with Crippen LogP contribution in [-0.2, 0) is 4.79 Å². The number of nitrogens with two attached hydrogens (primary N) is 1. The summed E-state index contributed by atoms with van der Waals surface area (Å²) >= 11 is 0. The fourth-order valence-electron chi connectivity index (χ4n) is 1.33. The third-order valence-electron chi connectivity index (χ3n) is 2.25. The maximum atomic E-state index is 11.9. The molecule has 0 saturated carbocycles. The highest BCUT2D eigenvalue weighted by molar-refractivity contribution is 5.84. The van der Waals surface area contributed by atoms with E-state index in [1.54, 1.807) is 6.92 Å². The lowest BCUT2D eigenvalue weighted by molar-refractivity contribution is -0.138. The molecule has 0 fully saturated rings. The largest absolute Gasteiger partial charge is 0.389 e. The zero-order chi connectivity index (χ0) is 12.1. The van der Waals surface area contributed by atoms with Crippen molar-refractivity contribution in [1.29, 1.82) is 0 Å².